The molecule has 0 radical (unpaired) electrons. The van der Waals surface area contributed by atoms with Crippen molar-refractivity contribution in [3.05, 3.63) is 70.8 Å². The van der Waals surface area contributed by atoms with E-state index < -0.39 is 11.6 Å². The minimum absolute atomic E-state index is 0.0267. The number of carbonyl (C=O) groups excluding carboxylic acids is 2. The van der Waals surface area contributed by atoms with Gasteiger partial charge in [0.25, 0.3) is 0 Å². The van der Waals surface area contributed by atoms with Crippen molar-refractivity contribution in [2.45, 2.75) is 69.9 Å². The molecule has 5 nitrogen and oxygen atoms in total. The van der Waals surface area contributed by atoms with Crippen LogP contribution in [0.5, 0.6) is 0 Å². The summed E-state index contributed by atoms with van der Waals surface area (Å²) >= 11 is 0. The van der Waals surface area contributed by atoms with E-state index in [0.29, 0.717) is 37.4 Å². The second-order valence-corrected chi connectivity index (χ2v) is 10.9. The number of amides is 2. The highest BCUT2D eigenvalue weighted by atomic mass is 19.1. The van der Waals surface area contributed by atoms with Gasteiger partial charge in [-0.15, -0.1) is 0 Å². The number of hydrogen-bond donors (Lipinski definition) is 1. The van der Waals surface area contributed by atoms with E-state index in [1.54, 1.807) is 6.92 Å². The Kier molecular flexibility index (Phi) is 8.63. The summed E-state index contributed by atoms with van der Waals surface area (Å²) in [5.41, 5.74) is 2.84. The molecule has 2 aromatic rings. The van der Waals surface area contributed by atoms with Gasteiger partial charge in [-0.05, 0) is 80.8 Å². The maximum absolute atomic E-state index is 14.8. The summed E-state index contributed by atoms with van der Waals surface area (Å²) in [5.74, 6) is -1.40. The number of nitrogens with zero attached hydrogens (tertiary/aromatic N) is 2. The standard InChI is InChI=1S/C30H39F2N3O2/c1-5-29(33-19(2)36)25-9-7-6-8-23(25)20-12-14-35(15-13-20)30(37)27-18-22(34(3)4)17-26(27)24-11-10-21(31)16-28(24)32/h6-11,16,20,22,26-27,29H,5,12-15,17-18H2,1-4H3,(H,33,36)/t22-,26+,27?,29+/m1/s1. The summed E-state index contributed by atoms with van der Waals surface area (Å²) in [6, 6.07) is 12.2. The first kappa shape index (κ1) is 27.2. The Labute approximate surface area is 219 Å². The molecule has 1 aliphatic carbocycles. The van der Waals surface area contributed by atoms with Crippen molar-refractivity contribution in [1.29, 1.82) is 0 Å². The second-order valence-electron chi connectivity index (χ2n) is 10.9. The maximum Gasteiger partial charge on any atom is 0.226 e. The number of rotatable bonds is 7. The van der Waals surface area contributed by atoms with Crippen LogP contribution < -0.4 is 5.32 Å². The fourth-order valence-electron chi connectivity index (χ4n) is 6.34. The normalized spacial score (nSPS) is 23.3. The number of halogens is 2. The monoisotopic (exact) mass is 511 g/mol. The summed E-state index contributed by atoms with van der Waals surface area (Å²) in [5, 5.41) is 3.07. The molecule has 1 aliphatic heterocycles. The van der Waals surface area contributed by atoms with Crippen LogP contribution in [0.4, 0.5) is 8.78 Å². The predicted octanol–water partition coefficient (Wildman–Crippen LogP) is 5.38. The van der Waals surface area contributed by atoms with Crippen molar-refractivity contribution in [2.75, 3.05) is 27.2 Å². The lowest BCUT2D eigenvalue weighted by atomic mass is 9.83. The first-order valence-electron chi connectivity index (χ1n) is 13.5. The predicted molar refractivity (Wildman–Crippen MR) is 141 cm³/mol. The van der Waals surface area contributed by atoms with Crippen molar-refractivity contribution in [2.24, 2.45) is 5.92 Å². The average Bonchev–Trinajstić information content (AvgIpc) is 3.32. The molecular formula is C30H39F2N3O2. The molecular weight excluding hydrogens is 472 g/mol. The molecule has 2 fully saturated rings. The highest BCUT2D eigenvalue weighted by Crippen LogP contribution is 2.44. The molecule has 0 spiro atoms. The third kappa shape index (κ3) is 6.03. The van der Waals surface area contributed by atoms with Gasteiger partial charge < -0.3 is 15.1 Å². The lowest BCUT2D eigenvalue weighted by molar-refractivity contribution is -0.137. The Balaban J connectivity index is 1.49. The van der Waals surface area contributed by atoms with Gasteiger partial charge in [0.2, 0.25) is 11.8 Å². The molecule has 1 saturated heterocycles. The molecule has 1 heterocycles. The topological polar surface area (TPSA) is 52.7 Å². The Bertz CT molecular complexity index is 1110. The van der Waals surface area contributed by atoms with Gasteiger partial charge in [-0.25, -0.2) is 8.78 Å². The summed E-state index contributed by atoms with van der Waals surface area (Å²) in [6.07, 6.45) is 3.85. The minimum atomic E-state index is -0.600. The van der Waals surface area contributed by atoms with E-state index in [2.05, 4.69) is 29.3 Å². The smallest absolute Gasteiger partial charge is 0.226 e. The third-order valence-corrected chi connectivity index (χ3v) is 8.35. The van der Waals surface area contributed by atoms with Crippen LogP contribution in [0.15, 0.2) is 42.5 Å². The fourth-order valence-corrected chi connectivity index (χ4v) is 6.34. The van der Waals surface area contributed by atoms with Gasteiger partial charge in [-0.3, -0.25) is 9.59 Å². The minimum Gasteiger partial charge on any atom is -0.350 e. The Morgan fingerprint density at radius 1 is 1.05 bits per heavy atom. The van der Waals surface area contributed by atoms with Crippen LogP contribution in [0.25, 0.3) is 0 Å². The first-order chi connectivity index (χ1) is 17.7. The van der Waals surface area contributed by atoms with E-state index in [4.69, 9.17) is 0 Å². The molecule has 7 heteroatoms. The fraction of sp³-hybridized carbons (Fsp3) is 0.533. The van der Waals surface area contributed by atoms with Gasteiger partial charge in [-0.1, -0.05) is 37.3 Å². The van der Waals surface area contributed by atoms with E-state index in [0.717, 1.165) is 30.9 Å². The third-order valence-electron chi connectivity index (χ3n) is 8.35. The average molecular weight is 512 g/mol. The van der Waals surface area contributed by atoms with Crippen molar-refractivity contribution >= 4 is 11.8 Å². The SMILES string of the molecule is CC[C@H](NC(C)=O)c1ccccc1C1CCN(C(=O)C2C[C@H](N(C)C)C[C@H]2c2ccc(F)cc2F)CC1. The number of carbonyl (C=O) groups is 2. The molecule has 2 aliphatic rings. The van der Waals surface area contributed by atoms with E-state index in [9.17, 15) is 18.4 Å². The molecule has 1 saturated carbocycles. The van der Waals surface area contributed by atoms with Crippen LogP contribution in [-0.4, -0.2) is 54.8 Å². The lowest BCUT2D eigenvalue weighted by Gasteiger charge is -2.36. The summed E-state index contributed by atoms with van der Waals surface area (Å²) in [6.45, 7) is 4.92. The zero-order chi connectivity index (χ0) is 26.7. The quantitative estimate of drug-likeness (QED) is 0.543. The molecule has 4 atom stereocenters. The van der Waals surface area contributed by atoms with Crippen molar-refractivity contribution in [3.8, 4) is 0 Å². The number of likely N-dealkylation sites (tertiary alicyclic amines) is 1. The Morgan fingerprint density at radius 2 is 1.76 bits per heavy atom. The molecule has 200 valence electrons. The maximum atomic E-state index is 14.8. The van der Waals surface area contributed by atoms with Gasteiger partial charge in [0.15, 0.2) is 0 Å². The van der Waals surface area contributed by atoms with Gasteiger partial charge in [0.1, 0.15) is 11.6 Å². The zero-order valence-electron chi connectivity index (χ0n) is 22.3. The number of benzene rings is 2. The summed E-state index contributed by atoms with van der Waals surface area (Å²) < 4.78 is 28.3. The molecule has 0 aromatic heterocycles. The lowest BCUT2D eigenvalue weighted by Crippen LogP contribution is -2.42. The Morgan fingerprint density at radius 3 is 2.38 bits per heavy atom. The van der Waals surface area contributed by atoms with Crippen LogP contribution >= 0.6 is 0 Å². The largest absolute Gasteiger partial charge is 0.350 e. The number of hydrogen-bond acceptors (Lipinski definition) is 3. The highest BCUT2D eigenvalue weighted by Gasteiger charge is 2.43. The summed E-state index contributed by atoms with van der Waals surface area (Å²) in [7, 11) is 3.98. The van der Waals surface area contributed by atoms with Crippen LogP contribution in [0.2, 0.25) is 0 Å². The van der Waals surface area contributed by atoms with E-state index in [1.807, 2.05) is 31.1 Å². The molecule has 1 N–H and O–H groups in total. The van der Waals surface area contributed by atoms with E-state index in [-0.39, 0.29) is 35.7 Å². The second kappa shape index (κ2) is 11.7. The van der Waals surface area contributed by atoms with Crippen molar-refractivity contribution in [1.82, 2.24) is 15.1 Å². The molecule has 2 amide bonds. The van der Waals surface area contributed by atoms with Crippen LogP contribution in [0.1, 0.15) is 80.5 Å². The van der Waals surface area contributed by atoms with E-state index >= 15 is 0 Å². The molecule has 1 unspecified atom stereocenters. The van der Waals surface area contributed by atoms with Crippen molar-refractivity contribution < 1.29 is 18.4 Å². The van der Waals surface area contributed by atoms with Crippen LogP contribution in [-0.2, 0) is 9.59 Å². The molecule has 37 heavy (non-hydrogen) atoms. The zero-order valence-corrected chi connectivity index (χ0v) is 22.3. The molecule has 2 aromatic carbocycles. The van der Waals surface area contributed by atoms with Crippen molar-refractivity contribution in [3.63, 3.8) is 0 Å². The van der Waals surface area contributed by atoms with Gasteiger partial charge >= 0.3 is 0 Å². The molecule has 4 rings (SSSR count). The van der Waals surface area contributed by atoms with Gasteiger partial charge in [0.05, 0.1) is 6.04 Å². The van der Waals surface area contributed by atoms with Gasteiger partial charge in [0, 0.05) is 38.0 Å². The highest BCUT2D eigenvalue weighted by molar-refractivity contribution is 5.80. The van der Waals surface area contributed by atoms with Crippen LogP contribution in [0, 0.1) is 17.6 Å². The molecule has 0 bridgehead atoms. The number of nitrogens with one attached hydrogen (secondary N) is 1. The summed E-state index contributed by atoms with van der Waals surface area (Å²) in [4.78, 5) is 29.6. The van der Waals surface area contributed by atoms with E-state index in [1.165, 1.54) is 17.7 Å². The van der Waals surface area contributed by atoms with Crippen LogP contribution in [0.3, 0.4) is 0 Å². The Hall–Kier alpha value is -2.80. The number of piperidine rings is 1. The van der Waals surface area contributed by atoms with Gasteiger partial charge in [-0.2, -0.15) is 0 Å². The first-order valence-corrected chi connectivity index (χ1v) is 13.5.